The normalized spacial score (nSPS) is 15.3. The van der Waals surface area contributed by atoms with Crippen molar-refractivity contribution in [3.63, 3.8) is 0 Å². The van der Waals surface area contributed by atoms with Crippen molar-refractivity contribution in [2.75, 3.05) is 12.4 Å². The van der Waals surface area contributed by atoms with Gasteiger partial charge in [0.25, 0.3) is 0 Å². The number of anilines is 1. The van der Waals surface area contributed by atoms with Crippen molar-refractivity contribution in [3.8, 4) is 5.75 Å². The van der Waals surface area contributed by atoms with E-state index < -0.39 is 29.5 Å². The Morgan fingerprint density at radius 3 is 2.63 bits per heavy atom. The summed E-state index contributed by atoms with van der Waals surface area (Å²) in [6.07, 6.45) is -0.0178. The van der Waals surface area contributed by atoms with Gasteiger partial charge in [-0.1, -0.05) is 18.2 Å². The average molecular weight is 371 g/mol. The lowest BCUT2D eigenvalue weighted by molar-refractivity contribution is -0.130. The lowest BCUT2D eigenvalue weighted by atomic mass is 9.90. The molecule has 7 nitrogen and oxygen atoms in total. The maximum Gasteiger partial charge on any atom is 0.246 e. The Balaban J connectivity index is 1.60. The third kappa shape index (κ3) is 4.41. The Labute approximate surface area is 154 Å². The summed E-state index contributed by atoms with van der Waals surface area (Å²) in [6, 6.07) is 10.8. The van der Waals surface area contributed by atoms with Gasteiger partial charge in [0.1, 0.15) is 11.6 Å². The average Bonchev–Trinajstić information content (AvgIpc) is 2.65. The first-order valence-electron chi connectivity index (χ1n) is 8.27. The van der Waals surface area contributed by atoms with Crippen LogP contribution >= 0.6 is 0 Å². The molecule has 27 heavy (non-hydrogen) atoms. The maximum absolute atomic E-state index is 13.3. The Morgan fingerprint density at radius 1 is 1.19 bits per heavy atom. The monoisotopic (exact) mass is 371 g/mol. The summed E-state index contributed by atoms with van der Waals surface area (Å²) in [6.45, 7) is 0. The zero-order valence-electron chi connectivity index (χ0n) is 14.5. The van der Waals surface area contributed by atoms with Crippen LogP contribution in [0.5, 0.6) is 5.75 Å². The summed E-state index contributed by atoms with van der Waals surface area (Å²) in [5.41, 5.74) is 6.18. The highest BCUT2D eigenvalue weighted by Crippen LogP contribution is 2.32. The molecule has 1 aliphatic rings. The number of amides is 3. The molecule has 140 valence electrons. The van der Waals surface area contributed by atoms with E-state index in [-0.39, 0.29) is 18.5 Å². The largest absolute Gasteiger partial charge is 0.497 e. The SMILES string of the molecule is COc1ccc(CC(=O)NNC(=O)C2CC(=O)Nc3cc(F)ccc32)cc1. The molecule has 1 heterocycles. The van der Waals surface area contributed by atoms with Crippen LogP contribution in [-0.2, 0) is 20.8 Å². The zero-order chi connectivity index (χ0) is 19.4. The van der Waals surface area contributed by atoms with Crippen molar-refractivity contribution < 1.29 is 23.5 Å². The van der Waals surface area contributed by atoms with Crippen molar-refractivity contribution >= 4 is 23.4 Å². The van der Waals surface area contributed by atoms with Crippen LogP contribution in [0.15, 0.2) is 42.5 Å². The summed E-state index contributed by atoms with van der Waals surface area (Å²) < 4.78 is 18.4. The van der Waals surface area contributed by atoms with Gasteiger partial charge in [0.2, 0.25) is 17.7 Å². The standard InChI is InChI=1S/C19H18FN3O4/c1-27-13-5-2-11(3-6-13)8-18(25)22-23-19(26)15-10-17(24)21-16-9-12(20)4-7-14(15)16/h2-7,9,15H,8,10H2,1H3,(H,21,24)(H,22,25)(H,23,26). The first kappa shape index (κ1) is 18.4. The molecule has 2 aromatic carbocycles. The minimum atomic E-state index is -0.810. The lowest BCUT2D eigenvalue weighted by Crippen LogP contribution is -2.46. The number of fused-ring (bicyclic) bond motifs is 1. The first-order chi connectivity index (χ1) is 13.0. The van der Waals surface area contributed by atoms with Gasteiger partial charge >= 0.3 is 0 Å². The second-order valence-electron chi connectivity index (χ2n) is 6.10. The molecule has 0 spiro atoms. The van der Waals surface area contributed by atoms with Crippen LogP contribution in [0.2, 0.25) is 0 Å². The third-order valence-electron chi connectivity index (χ3n) is 4.22. The fraction of sp³-hybridized carbons (Fsp3) is 0.211. The van der Waals surface area contributed by atoms with E-state index in [0.29, 0.717) is 11.3 Å². The molecule has 3 rings (SSSR count). The minimum absolute atomic E-state index is 0.0667. The molecule has 1 aliphatic heterocycles. The fourth-order valence-electron chi connectivity index (χ4n) is 2.86. The summed E-state index contributed by atoms with van der Waals surface area (Å²) >= 11 is 0. The van der Waals surface area contributed by atoms with Crippen LogP contribution in [-0.4, -0.2) is 24.8 Å². The van der Waals surface area contributed by atoms with Crippen LogP contribution in [0.1, 0.15) is 23.5 Å². The van der Waals surface area contributed by atoms with Gasteiger partial charge in [-0.05, 0) is 35.4 Å². The summed E-state index contributed by atoms with van der Waals surface area (Å²) in [5.74, 6) is -1.98. The van der Waals surface area contributed by atoms with Gasteiger partial charge < -0.3 is 10.1 Å². The molecule has 0 radical (unpaired) electrons. The smallest absolute Gasteiger partial charge is 0.246 e. The predicted octanol–water partition coefficient (Wildman–Crippen LogP) is 1.65. The summed E-state index contributed by atoms with van der Waals surface area (Å²) in [5, 5.41) is 2.54. The number of benzene rings is 2. The molecule has 0 fully saturated rings. The van der Waals surface area contributed by atoms with E-state index in [4.69, 9.17) is 4.74 Å². The van der Waals surface area contributed by atoms with E-state index in [1.54, 1.807) is 31.4 Å². The van der Waals surface area contributed by atoms with Crippen molar-refractivity contribution in [3.05, 3.63) is 59.4 Å². The highest BCUT2D eigenvalue weighted by atomic mass is 19.1. The first-order valence-corrected chi connectivity index (χ1v) is 8.27. The fourth-order valence-corrected chi connectivity index (χ4v) is 2.86. The number of methoxy groups -OCH3 is 1. The molecule has 8 heteroatoms. The quantitative estimate of drug-likeness (QED) is 0.712. The van der Waals surface area contributed by atoms with Crippen LogP contribution < -0.4 is 20.9 Å². The number of ether oxygens (including phenoxy) is 1. The van der Waals surface area contributed by atoms with E-state index in [9.17, 15) is 18.8 Å². The van der Waals surface area contributed by atoms with Crippen molar-refractivity contribution in [2.45, 2.75) is 18.8 Å². The molecular weight excluding hydrogens is 353 g/mol. The maximum atomic E-state index is 13.3. The molecular formula is C19H18FN3O4. The van der Waals surface area contributed by atoms with Crippen molar-refractivity contribution in [2.24, 2.45) is 0 Å². The second kappa shape index (κ2) is 7.86. The Morgan fingerprint density at radius 2 is 1.93 bits per heavy atom. The number of hydrazine groups is 1. The molecule has 0 aromatic heterocycles. The predicted molar refractivity (Wildman–Crippen MR) is 95.4 cm³/mol. The van der Waals surface area contributed by atoms with E-state index in [0.717, 1.165) is 11.6 Å². The van der Waals surface area contributed by atoms with Gasteiger partial charge in [0, 0.05) is 12.1 Å². The summed E-state index contributed by atoms with van der Waals surface area (Å²) in [7, 11) is 1.55. The number of nitrogens with one attached hydrogen (secondary N) is 3. The highest BCUT2D eigenvalue weighted by molar-refractivity contribution is 6.01. The summed E-state index contributed by atoms with van der Waals surface area (Å²) in [4.78, 5) is 36.2. The number of hydrogen-bond acceptors (Lipinski definition) is 4. The van der Waals surface area contributed by atoms with Crippen molar-refractivity contribution in [1.82, 2.24) is 10.9 Å². The topological polar surface area (TPSA) is 96.5 Å². The molecule has 0 saturated heterocycles. The van der Waals surface area contributed by atoms with E-state index in [2.05, 4.69) is 16.2 Å². The minimum Gasteiger partial charge on any atom is -0.497 e. The van der Waals surface area contributed by atoms with Gasteiger partial charge in [-0.3, -0.25) is 25.2 Å². The lowest BCUT2D eigenvalue weighted by Gasteiger charge is -2.24. The van der Waals surface area contributed by atoms with Crippen LogP contribution in [0.25, 0.3) is 0 Å². The Hall–Kier alpha value is -3.42. The van der Waals surface area contributed by atoms with Gasteiger partial charge in [0.05, 0.1) is 19.4 Å². The number of hydrogen-bond donors (Lipinski definition) is 3. The number of halogens is 1. The van der Waals surface area contributed by atoms with E-state index in [1.165, 1.54) is 12.1 Å². The number of carbonyl (C=O) groups is 3. The Kier molecular flexibility index (Phi) is 5.35. The van der Waals surface area contributed by atoms with Crippen LogP contribution in [0.4, 0.5) is 10.1 Å². The second-order valence-corrected chi connectivity index (χ2v) is 6.10. The van der Waals surface area contributed by atoms with Gasteiger partial charge in [-0.2, -0.15) is 0 Å². The van der Waals surface area contributed by atoms with Gasteiger partial charge in [0.15, 0.2) is 0 Å². The number of carbonyl (C=O) groups excluding carboxylic acids is 3. The molecule has 0 aliphatic carbocycles. The molecule has 1 unspecified atom stereocenters. The molecule has 0 saturated carbocycles. The third-order valence-corrected chi connectivity index (χ3v) is 4.22. The number of rotatable bonds is 4. The van der Waals surface area contributed by atoms with Crippen LogP contribution in [0, 0.1) is 5.82 Å². The molecule has 2 aromatic rings. The molecule has 3 N–H and O–H groups in total. The van der Waals surface area contributed by atoms with Gasteiger partial charge in [-0.25, -0.2) is 4.39 Å². The highest BCUT2D eigenvalue weighted by Gasteiger charge is 2.31. The molecule has 0 bridgehead atoms. The van der Waals surface area contributed by atoms with E-state index in [1.807, 2.05) is 0 Å². The molecule has 3 amide bonds. The van der Waals surface area contributed by atoms with Crippen molar-refractivity contribution in [1.29, 1.82) is 0 Å². The Bertz CT molecular complexity index is 883. The zero-order valence-corrected chi connectivity index (χ0v) is 14.5. The molecule has 1 atom stereocenters. The van der Waals surface area contributed by atoms with Crippen LogP contribution in [0.3, 0.4) is 0 Å². The van der Waals surface area contributed by atoms with E-state index >= 15 is 0 Å². The van der Waals surface area contributed by atoms with Gasteiger partial charge in [-0.15, -0.1) is 0 Å².